The Labute approximate surface area is 74.2 Å². The van der Waals surface area contributed by atoms with Crippen molar-refractivity contribution >= 4 is 12.9 Å². The fourth-order valence-electron chi connectivity index (χ4n) is 1.26. The molecule has 0 fully saturated rings. The van der Waals surface area contributed by atoms with Crippen LogP contribution in [0.5, 0.6) is 0 Å². The predicted molar refractivity (Wildman–Crippen MR) is 52.4 cm³/mol. The molecule has 1 N–H and O–H groups in total. The van der Waals surface area contributed by atoms with Crippen LogP contribution in [0.1, 0.15) is 39.3 Å². The largest absolute Gasteiger partial charge is 0.263 e. The summed E-state index contributed by atoms with van der Waals surface area (Å²) in [5.41, 5.74) is 2.31. The smallest absolute Gasteiger partial charge is 0.189 e. The van der Waals surface area contributed by atoms with E-state index >= 15 is 0 Å². The Morgan fingerprint density at radius 2 is 1.92 bits per heavy atom. The number of H-pyrrole nitrogens is 1. The highest BCUT2D eigenvalue weighted by atomic mass is 15.3. The van der Waals surface area contributed by atoms with Gasteiger partial charge in [0.05, 0.1) is 5.69 Å². The van der Waals surface area contributed by atoms with E-state index in [1.165, 1.54) is 5.69 Å². The zero-order chi connectivity index (χ0) is 9.14. The third kappa shape index (κ3) is 2.09. The molecule has 0 unspecified atom stereocenters. The van der Waals surface area contributed by atoms with Crippen LogP contribution >= 0.6 is 0 Å². The van der Waals surface area contributed by atoms with Crippen molar-refractivity contribution in [3.05, 3.63) is 5.69 Å². The van der Waals surface area contributed by atoms with Gasteiger partial charge >= 0.3 is 0 Å². The number of nitrogens with one attached hydrogen (secondary N) is 1. The van der Waals surface area contributed by atoms with Crippen LogP contribution in [0.4, 0.5) is 0 Å². The maximum absolute atomic E-state index is 4.07. The van der Waals surface area contributed by atoms with Gasteiger partial charge in [-0.25, -0.2) is 0 Å². The van der Waals surface area contributed by atoms with Crippen molar-refractivity contribution < 1.29 is 0 Å². The van der Waals surface area contributed by atoms with E-state index < -0.39 is 0 Å². The van der Waals surface area contributed by atoms with Crippen molar-refractivity contribution in [1.29, 1.82) is 0 Å². The Hall–Kier alpha value is -0.795. The van der Waals surface area contributed by atoms with E-state index in [1.807, 2.05) is 0 Å². The van der Waals surface area contributed by atoms with Gasteiger partial charge in [-0.1, -0.05) is 38.7 Å². The molecule has 0 aliphatic carbocycles. The first kappa shape index (κ1) is 9.29. The van der Waals surface area contributed by atoms with Crippen LogP contribution in [0.3, 0.4) is 0 Å². The maximum Gasteiger partial charge on any atom is 0.189 e. The monoisotopic (exact) mass is 165 g/mol. The molecule has 0 amide bonds. The molecule has 4 heteroatoms. The Bertz CT molecular complexity index is 242. The molecule has 0 saturated heterocycles. The van der Waals surface area contributed by atoms with Gasteiger partial charge in [0.2, 0.25) is 0 Å². The minimum atomic E-state index is 0.494. The van der Waals surface area contributed by atoms with Gasteiger partial charge in [0.1, 0.15) is 0 Å². The fraction of sp³-hybridized carbons (Fsp3) is 0.750. The molecule has 0 aromatic carbocycles. The summed E-state index contributed by atoms with van der Waals surface area (Å²) in [5.74, 6) is 1.14. The lowest BCUT2D eigenvalue weighted by Crippen LogP contribution is -2.23. The quantitative estimate of drug-likeness (QED) is 0.673. The second kappa shape index (κ2) is 3.74. The van der Waals surface area contributed by atoms with Crippen LogP contribution in [-0.4, -0.2) is 22.7 Å². The van der Waals surface area contributed by atoms with E-state index in [-0.39, 0.29) is 0 Å². The molecular formula is C8H16BN3. The van der Waals surface area contributed by atoms with E-state index in [2.05, 4.69) is 43.1 Å². The summed E-state index contributed by atoms with van der Waals surface area (Å²) >= 11 is 0. The molecule has 0 saturated carbocycles. The summed E-state index contributed by atoms with van der Waals surface area (Å²) in [6.07, 6.45) is 0. The van der Waals surface area contributed by atoms with Gasteiger partial charge in [-0.15, -0.1) is 5.10 Å². The molecular weight excluding hydrogens is 149 g/mol. The molecule has 12 heavy (non-hydrogen) atoms. The van der Waals surface area contributed by atoms with Crippen molar-refractivity contribution in [2.75, 3.05) is 0 Å². The zero-order valence-electron chi connectivity index (χ0n) is 8.26. The zero-order valence-corrected chi connectivity index (χ0v) is 8.26. The van der Waals surface area contributed by atoms with Gasteiger partial charge in [-0.2, -0.15) is 0 Å². The molecule has 1 aromatic heterocycles. The summed E-state index contributed by atoms with van der Waals surface area (Å²) < 4.78 is 0. The predicted octanol–water partition coefficient (Wildman–Crippen LogP) is 0.818. The average molecular weight is 165 g/mol. The Balaban J connectivity index is 2.77. The van der Waals surface area contributed by atoms with Crippen LogP contribution < -0.4 is 5.59 Å². The van der Waals surface area contributed by atoms with Crippen molar-refractivity contribution in [1.82, 2.24) is 15.4 Å². The lowest BCUT2D eigenvalue weighted by atomic mass is 9.62. The van der Waals surface area contributed by atoms with Crippen molar-refractivity contribution in [3.63, 3.8) is 0 Å². The maximum atomic E-state index is 4.07. The van der Waals surface area contributed by atoms with Crippen LogP contribution in [0.2, 0.25) is 5.82 Å². The molecule has 0 spiro atoms. The van der Waals surface area contributed by atoms with E-state index in [9.17, 15) is 0 Å². The number of aromatic amines is 1. The van der Waals surface area contributed by atoms with Gasteiger partial charge in [0.15, 0.2) is 7.28 Å². The normalized spacial score (nSPS) is 11.2. The van der Waals surface area contributed by atoms with E-state index in [0.717, 1.165) is 12.9 Å². The van der Waals surface area contributed by atoms with Gasteiger partial charge in [-0.3, -0.25) is 5.10 Å². The second-order valence-corrected chi connectivity index (χ2v) is 3.92. The Kier molecular flexibility index (Phi) is 2.90. The molecule has 1 aromatic rings. The first-order valence-corrected chi connectivity index (χ1v) is 4.51. The first-order valence-electron chi connectivity index (χ1n) is 4.51. The van der Waals surface area contributed by atoms with Gasteiger partial charge in [-0.05, 0) is 5.92 Å². The van der Waals surface area contributed by atoms with Crippen LogP contribution in [-0.2, 0) is 0 Å². The standard InChI is InChI=1S/C8H16BN3/c1-5(2)7-8(9-6(3)4)11-12-10-7/h5-6,9H,1-4H3,(H,10,11,12). The molecule has 3 nitrogen and oxygen atoms in total. The number of rotatable bonds is 3. The molecule has 66 valence electrons. The van der Waals surface area contributed by atoms with Crippen molar-refractivity contribution in [2.45, 2.75) is 39.4 Å². The van der Waals surface area contributed by atoms with Gasteiger partial charge < -0.3 is 0 Å². The van der Waals surface area contributed by atoms with E-state index in [1.54, 1.807) is 0 Å². The molecule has 1 heterocycles. The highest BCUT2D eigenvalue weighted by Crippen LogP contribution is 2.07. The van der Waals surface area contributed by atoms with Crippen LogP contribution in [0, 0.1) is 0 Å². The molecule has 0 aliphatic heterocycles. The van der Waals surface area contributed by atoms with Crippen molar-refractivity contribution in [2.24, 2.45) is 0 Å². The van der Waals surface area contributed by atoms with Crippen LogP contribution in [0.25, 0.3) is 0 Å². The third-order valence-corrected chi connectivity index (χ3v) is 1.83. The number of aromatic nitrogens is 3. The van der Waals surface area contributed by atoms with E-state index in [0.29, 0.717) is 11.7 Å². The molecule has 0 radical (unpaired) electrons. The minimum Gasteiger partial charge on any atom is -0.263 e. The lowest BCUT2D eigenvalue weighted by Gasteiger charge is -2.04. The van der Waals surface area contributed by atoms with Gasteiger partial charge in [0, 0.05) is 5.59 Å². The lowest BCUT2D eigenvalue weighted by molar-refractivity contribution is 0.806. The number of hydrogen-bond donors (Lipinski definition) is 1. The topological polar surface area (TPSA) is 41.6 Å². The minimum absolute atomic E-state index is 0.494. The van der Waals surface area contributed by atoms with Gasteiger partial charge in [0.25, 0.3) is 0 Å². The second-order valence-electron chi connectivity index (χ2n) is 3.92. The summed E-state index contributed by atoms with van der Waals surface area (Å²) in [7, 11) is 1.02. The fourth-order valence-corrected chi connectivity index (χ4v) is 1.26. The summed E-state index contributed by atoms with van der Waals surface area (Å²) in [6.45, 7) is 8.69. The van der Waals surface area contributed by atoms with E-state index in [4.69, 9.17) is 0 Å². The highest BCUT2D eigenvalue weighted by Gasteiger charge is 2.12. The summed E-state index contributed by atoms with van der Waals surface area (Å²) in [4.78, 5) is 0. The Morgan fingerprint density at radius 1 is 1.25 bits per heavy atom. The average Bonchev–Trinajstić information content (AvgIpc) is 2.33. The summed E-state index contributed by atoms with van der Waals surface area (Å²) in [6, 6.07) is 0. The molecule has 0 atom stereocenters. The van der Waals surface area contributed by atoms with Crippen molar-refractivity contribution in [3.8, 4) is 0 Å². The third-order valence-electron chi connectivity index (χ3n) is 1.83. The molecule has 0 bridgehead atoms. The molecule has 1 rings (SSSR count). The SMILES string of the molecule is CC(C)Bc1nn[nH]c1C(C)C. The number of nitrogens with zero attached hydrogens (tertiary/aromatic N) is 2. The Morgan fingerprint density at radius 3 is 2.42 bits per heavy atom. The number of hydrogen-bond acceptors (Lipinski definition) is 2. The first-order chi connectivity index (χ1) is 5.61. The molecule has 0 aliphatic rings. The van der Waals surface area contributed by atoms with Crippen LogP contribution in [0.15, 0.2) is 0 Å². The summed E-state index contributed by atoms with van der Waals surface area (Å²) in [5, 5.41) is 10.8. The highest BCUT2D eigenvalue weighted by molar-refractivity contribution is 6.54.